The molecule has 1 unspecified atom stereocenters. The number of nitrogen functional groups attached to an aromatic ring is 2. The molecule has 0 spiro atoms. The number of anilines is 3. The van der Waals surface area contributed by atoms with E-state index in [0.29, 0.717) is 35.8 Å². The molecule has 0 radical (unpaired) electrons. The Morgan fingerprint density at radius 2 is 1.31 bits per heavy atom. The van der Waals surface area contributed by atoms with E-state index < -0.39 is 64.3 Å². The average Bonchev–Trinajstić information content (AvgIpc) is 3.23. The van der Waals surface area contributed by atoms with Gasteiger partial charge in [-0.2, -0.15) is 23.8 Å². The number of hydrogen-bond donors (Lipinski definition) is 5. The minimum Gasteiger partial charge on any atom is -0.870 e. The van der Waals surface area contributed by atoms with Gasteiger partial charge >= 0.3 is 59.1 Å². The molecule has 7 N–H and O–H groups in total. The number of hydrogen-bond acceptors (Lipinski definition) is 17. The van der Waals surface area contributed by atoms with Crippen molar-refractivity contribution in [2.24, 2.45) is 30.7 Å². The largest absolute Gasteiger partial charge is 1.00 e. The minimum absolute atomic E-state index is 0. The summed E-state index contributed by atoms with van der Waals surface area (Å²) in [5.41, 5.74) is 16.2. The van der Waals surface area contributed by atoms with Crippen LogP contribution in [-0.4, -0.2) is 56.9 Å². The molecule has 6 aromatic carbocycles. The molecule has 6 rings (SSSR count). The van der Waals surface area contributed by atoms with Crippen LogP contribution in [0.15, 0.2) is 138 Å². The van der Waals surface area contributed by atoms with Gasteiger partial charge in [0.05, 0.1) is 51.7 Å². The number of aliphatic hydroxyl groups excluding tert-OH is 1. The monoisotopic (exact) mass is 939 g/mol. The van der Waals surface area contributed by atoms with Crippen LogP contribution in [0.5, 0.6) is 5.75 Å². The Hall–Kier alpha value is -4.68. The zero-order valence-electron chi connectivity index (χ0n) is 36.3. The molecule has 0 aliphatic heterocycles. The van der Waals surface area contributed by atoms with Crippen LogP contribution in [-0.2, 0) is 25.0 Å². The minimum atomic E-state index is -5.34. The molecule has 0 bridgehead atoms. The molecular weight excluding hydrogens is 897 g/mol. The molecule has 0 fully saturated rings. The smallest absolute Gasteiger partial charge is 0.870 e. The van der Waals surface area contributed by atoms with Crippen LogP contribution < -0.4 is 81.0 Å². The number of nitrogens with one attached hydrogen (secondary N) is 1. The first-order valence-electron chi connectivity index (χ1n) is 19.4. The van der Waals surface area contributed by atoms with Crippen LogP contribution in [0.3, 0.4) is 0 Å². The van der Waals surface area contributed by atoms with E-state index in [4.69, 9.17) is 16.2 Å². The fourth-order valence-corrected chi connectivity index (χ4v) is 7.62. The maximum absolute atomic E-state index is 13.8. The SMILES string of the molecule is CCCCOCC(O)CNc1ccc(N=Nc2ccc(-c3ccc(N=Nc4c(S(=O)(=O)[O-])cc5cc(S(=O)(=O)O)c(N=Nc6ccccc6)c([O-])c5c4N)c(C)c3)cc2C)c(N)c1.[Na+].[Na+]. The number of fused-ring (bicyclic) bond motifs is 1. The average molecular weight is 940 g/mol. The van der Waals surface area contributed by atoms with Gasteiger partial charge in [-0.05, 0) is 115 Å². The van der Waals surface area contributed by atoms with E-state index in [-0.39, 0.29) is 82.5 Å². The number of aliphatic hydroxyl groups is 1. The predicted octanol–water partition coefficient (Wildman–Crippen LogP) is 3.36. The van der Waals surface area contributed by atoms with Crippen molar-refractivity contribution in [3.63, 3.8) is 0 Å². The van der Waals surface area contributed by atoms with Crippen LogP contribution in [0, 0.1) is 13.8 Å². The first-order valence-corrected chi connectivity index (χ1v) is 22.2. The number of nitrogens with zero attached hydrogens (tertiary/aromatic N) is 6. The summed E-state index contributed by atoms with van der Waals surface area (Å²) in [7, 11) is -10.4. The van der Waals surface area contributed by atoms with Crippen molar-refractivity contribution in [3.05, 3.63) is 108 Å². The Morgan fingerprint density at radius 3 is 1.88 bits per heavy atom. The quantitative estimate of drug-likeness (QED) is 0.0289. The first kappa shape index (κ1) is 52.9. The topological polar surface area (TPSA) is 302 Å². The second kappa shape index (κ2) is 23.2. The molecule has 0 aliphatic carbocycles. The number of benzene rings is 6. The first-order chi connectivity index (χ1) is 29.9. The Morgan fingerprint density at radius 1 is 0.738 bits per heavy atom. The summed E-state index contributed by atoms with van der Waals surface area (Å²) in [6.07, 6.45) is 1.29. The molecule has 328 valence electrons. The number of azo groups is 3. The molecule has 18 nitrogen and oxygen atoms in total. The molecule has 6 aromatic rings. The fourth-order valence-electron chi connectivity index (χ4n) is 6.30. The van der Waals surface area contributed by atoms with Crippen molar-refractivity contribution >= 4 is 82.2 Å². The number of aryl methyl sites for hydroxylation is 2. The number of nitrogens with two attached hydrogens (primary N) is 2. The summed E-state index contributed by atoms with van der Waals surface area (Å²) in [6.45, 7) is 6.82. The summed E-state index contributed by atoms with van der Waals surface area (Å²) in [6, 6.07) is 25.5. The molecule has 0 heterocycles. The Labute approximate surface area is 420 Å². The number of ether oxygens (including phenoxy) is 1. The van der Waals surface area contributed by atoms with Crippen LogP contribution in [0.2, 0.25) is 0 Å². The van der Waals surface area contributed by atoms with Crippen molar-refractivity contribution in [2.75, 3.05) is 36.5 Å². The molecule has 22 heteroatoms. The Balaban J connectivity index is 0.00000462. The van der Waals surface area contributed by atoms with E-state index in [1.165, 1.54) is 12.1 Å². The summed E-state index contributed by atoms with van der Waals surface area (Å²) in [5.74, 6) is -1.13. The van der Waals surface area contributed by atoms with Gasteiger partial charge in [0.25, 0.3) is 10.1 Å². The maximum Gasteiger partial charge on any atom is 1.00 e. The zero-order chi connectivity index (χ0) is 45.5. The number of unbranched alkanes of at least 4 members (excludes halogenated alkanes) is 1. The summed E-state index contributed by atoms with van der Waals surface area (Å²) in [4.78, 5) is -1.96. The van der Waals surface area contributed by atoms with Crippen molar-refractivity contribution in [1.82, 2.24) is 0 Å². The predicted molar refractivity (Wildman–Crippen MR) is 237 cm³/mol. The molecular formula is C43H43N9Na2O9S2. The fraction of sp³-hybridized carbons (Fsp3) is 0.209. The molecule has 0 amide bonds. The van der Waals surface area contributed by atoms with E-state index in [0.717, 1.165) is 47.4 Å². The summed E-state index contributed by atoms with van der Waals surface area (Å²) in [5, 5.41) is 50.9. The van der Waals surface area contributed by atoms with Gasteiger partial charge in [0.1, 0.15) is 26.4 Å². The van der Waals surface area contributed by atoms with Gasteiger partial charge in [-0.25, -0.2) is 8.42 Å². The summed E-state index contributed by atoms with van der Waals surface area (Å²) < 4.78 is 77.5. The molecule has 0 aliphatic rings. The number of rotatable bonds is 17. The standard InChI is InChI=1S/C43H45N9O9S2.2Na/c1-4-5-17-61-24-32(53)23-46-31-13-16-36(33(44)22-31)50-48-34-14-11-27(18-25(34)2)28-12-15-35(26(3)19-28)49-51-41-37(62(55,56)57)20-29-21-38(63(58,59)60)42(43(54)39(29)40(41)45)52-47-30-9-7-6-8-10-30;;/h6-16,18-22,32,46,53-54H,4-5,17,23-24,44-45H2,1-3H3,(H,55,56,57)(H,58,59,60);;/q;2*+1/p-2. The zero-order valence-corrected chi connectivity index (χ0v) is 41.9. The van der Waals surface area contributed by atoms with Crippen LogP contribution in [0.1, 0.15) is 30.9 Å². The summed E-state index contributed by atoms with van der Waals surface area (Å²) >= 11 is 0. The van der Waals surface area contributed by atoms with Crippen molar-refractivity contribution in [3.8, 4) is 16.9 Å². The van der Waals surface area contributed by atoms with Crippen molar-refractivity contribution < 1.29 is 100 Å². The van der Waals surface area contributed by atoms with Crippen LogP contribution >= 0.6 is 0 Å². The van der Waals surface area contributed by atoms with E-state index in [1.807, 2.05) is 25.1 Å². The molecule has 1 atom stereocenters. The normalized spacial score (nSPS) is 12.5. The van der Waals surface area contributed by atoms with E-state index >= 15 is 0 Å². The van der Waals surface area contributed by atoms with E-state index in [2.05, 4.69) is 42.9 Å². The second-order valence-electron chi connectivity index (χ2n) is 14.4. The van der Waals surface area contributed by atoms with Gasteiger partial charge < -0.3 is 36.3 Å². The molecule has 0 saturated heterocycles. The third-order valence-electron chi connectivity index (χ3n) is 9.64. The van der Waals surface area contributed by atoms with Gasteiger partial charge in [0, 0.05) is 24.2 Å². The van der Waals surface area contributed by atoms with Gasteiger partial charge in [-0.1, -0.05) is 49.4 Å². The van der Waals surface area contributed by atoms with Crippen molar-refractivity contribution in [1.29, 1.82) is 0 Å². The second-order valence-corrected chi connectivity index (χ2v) is 17.1. The van der Waals surface area contributed by atoms with Crippen molar-refractivity contribution in [2.45, 2.75) is 49.5 Å². The van der Waals surface area contributed by atoms with E-state index in [9.17, 15) is 36.2 Å². The van der Waals surface area contributed by atoms with Gasteiger partial charge in [-0.15, -0.1) is 15.3 Å². The van der Waals surface area contributed by atoms with E-state index in [1.54, 1.807) is 61.5 Å². The van der Waals surface area contributed by atoms with Crippen LogP contribution in [0.25, 0.3) is 21.9 Å². The van der Waals surface area contributed by atoms with Crippen LogP contribution in [0.4, 0.5) is 51.2 Å². The molecule has 65 heavy (non-hydrogen) atoms. The molecule has 0 saturated carbocycles. The molecule has 0 aromatic heterocycles. The van der Waals surface area contributed by atoms with Gasteiger partial charge in [0.2, 0.25) is 0 Å². The van der Waals surface area contributed by atoms with Gasteiger partial charge in [0.15, 0.2) is 0 Å². The third kappa shape index (κ3) is 13.5. The Bertz CT molecular complexity index is 3000. The van der Waals surface area contributed by atoms with Gasteiger partial charge in [-0.3, -0.25) is 4.55 Å². The maximum atomic E-state index is 13.8. The third-order valence-corrected chi connectivity index (χ3v) is 11.4. The Kier molecular flexibility index (Phi) is 18.9.